The highest BCUT2D eigenvalue weighted by Crippen LogP contribution is 2.17. The third-order valence-corrected chi connectivity index (χ3v) is 2.77. The number of rotatable bonds is 2. The third-order valence-electron chi connectivity index (χ3n) is 1.58. The molecule has 0 N–H and O–H groups in total. The van der Waals surface area contributed by atoms with Crippen molar-refractivity contribution in [1.29, 1.82) is 0 Å². The molecule has 9 heavy (non-hydrogen) atoms. The fraction of sp³-hybridized carbons (Fsp3) is 1.00. The van der Waals surface area contributed by atoms with E-state index in [2.05, 4.69) is 24.0 Å². The Kier molecular flexibility index (Phi) is 3.44. The van der Waals surface area contributed by atoms with Crippen LogP contribution in [0.5, 0.6) is 0 Å². The van der Waals surface area contributed by atoms with Crippen molar-refractivity contribution >= 4 is 11.8 Å². The van der Waals surface area contributed by atoms with Gasteiger partial charge in [-0.1, -0.05) is 6.92 Å². The molecule has 1 aliphatic rings. The first-order chi connectivity index (χ1) is 4.43. The predicted molar refractivity (Wildman–Crippen MR) is 43.0 cm³/mol. The molecular weight excluding hydrogens is 130 g/mol. The standard InChI is InChI=1S/C7H14NS/c1-2-9-7-4-3-5-8-6-7/h7H,2-6H2,1H3. The molecule has 1 nitrogen and oxygen atoms in total. The average molecular weight is 144 g/mol. The van der Waals surface area contributed by atoms with Crippen molar-refractivity contribution in [3.63, 3.8) is 0 Å². The van der Waals surface area contributed by atoms with E-state index >= 15 is 0 Å². The second-order valence-electron chi connectivity index (χ2n) is 2.35. The van der Waals surface area contributed by atoms with E-state index in [1.54, 1.807) is 0 Å². The lowest BCUT2D eigenvalue weighted by molar-refractivity contribution is 0.522. The summed E-state index contributed by atoms with van der Waals surface area (Å²) in [6.45, 7) is 4.44. The van der Waals surface area contributed by atoms with Crippen molar-refractivity contribution in [1.82, 2.24) is 5.32 Å². The average Bonchev–Trinajstić information content (AvgIpc) is 1.91. The van der Waals surface area contributed by atoms with Crippen molar-refractivity contribution in [3.05, 3.63) is 0 Å². The van der Waals surface area contributed by atoms with Crippen molar-refractivity contribution in [2.45, 2.75) is 25.0 Å². The van der Waals surface area contributed by atoms with Gasteiger partial charge < -0.3 is 0 Å². The van der Waals surface area contributed by atoms with E-state index in [0.717, 1.165) is 18.3 Å². The van der Waals surface area contributed by atoms with Gasteiger partial charge in [0.25, 0.3) is 0 Å². The van der Waals surface area contributed by atoms with Gasteiger partial charge in [-0.15, -0.1) is 0 Å². The van der Waals surface area contributed by atoms with Crippen molar-refractivity contribution < 1.29 is 0 Å². The minimum absolute atomic E-state index is 0.851. The van der Waals surface area contributed by atoms with Crippen LogP contribution in [0.4, 0.5) is 0 Å². The molecule has 0 aromatic rings. The Morgan fingerprint density at radius 1 is 1.67 bits per heavy atom. The fourth-order valence-corrected chi connectivity index (χ4v) is 2.14. The van der Waals surface area contributed by atoms with Gasteiger partial charge in [-0.05, 0) is 18.6 Å². The molecule has 1 fully saturated rings. The van der Waals surface area contributed by atoms with E-state index in [9.17, 15) is 0 Å². The minimum atomic E-state index is 0.851. The van der Waals surface area contributed by atoms with Crippen LogP contribution >= 0.6 is 11.8 Å². The van der Waals surface area contributed by atoms with Gasteiger partial charge in [0, 0.05) is 18.3 Å². The van der Waals surface area contributed by atoms with Crippen molar-refractivity contribution in [2.75, 3.05) is 18.8 Å². The molecule has 1 radical (unpaired) electrons. The molecule has 0 spiro atoms. The summed E-state index contributed by atoms with van der Waals surface area (Å²) in [5, 5.41) is 5.21. The van der Waals surface area contributed by atoms with Crippen LogP contribution in [-0.2, 0) is 0 Å². The summed E-state index contributed by atoms with van der Waals surface area (Å²) in [5.74, 6) is 1.25. The number of thioether (sulfide) groups is 1. The Hall–Kier alpha value is 0.310. The molecule has 0 amide bonds. The molecule has 2 heteroatoms. The first kappa shape index (κ1) is 7.42. The summed E-state index contributed by atoms with van der Waals surface area (Å²) in [4.78, 5) is 0. The Labute approximate surface area is 61.6 Å². The molecule has 1 heterocycles. The van der Waals surface area contributed by atoms with Crippen LogP contribution in [0.3, 0.4) is 0 Å². The van der Waals surface area contributed by atoms with E-state index in [0.29, 0.717) is 0 Å². The summed E-state index contributed by atoms with van der Waals surface area (Å²) < 4.78 is 0. The van der Waals surface area contributed by atoms with Crippen LogP contribution in [-0.4, -0.2) is 24.1 Å². The highest BCUT2D eigenvalue weighted by molar-refractivity contribution is 7.99. The molecule has 1 aliphatic heterocycles. The third kappa shape index (κ3) is 2.59. The van der Waals surface area contributed by atoms with Gasteiger partial charge in [-0.2, -0.15) is 11.8 Å². The van der Waals surface area contributed by atoms with Crippen molar-refractivity contribution in [2.24, 2.45) is 0 Å². The van der Waals surface area contributed by atoms with Crippen LogP contribution < -0.4 is 5.32 Å². The zero-order valence-corrected chi connectivity index (χ0v) is 6.78. The molecule has 0 saturated carbocycles. The quantitative estimate of drug-likeness (QED) is 0.573. The smallest absolute Gasteiger partial charge is 0.0252 e. The second-order valence-corrected chi connectivity index (χ2v) is 3.93. The monoisotopic (exact) mass is 144 g/mol. The van der Waals surface area contributed by atoms with E-state index < -0.39 is 0 Å². The topological polar surface area (TPSA) is 14.1 Å². The van der Waals surface area contributed by atoms with Crippen molar-refractivity contribution in [3.8, 4) is 0 Å². The summed E-state index contributed by atoms with van der Waals surface area (Å²) in [7, 11) is 0. The van der Waals surface area contributed by atoms with Gasteiger partial charge in [0.1, 0.15) is 0 Å². The lowest BCUT2D eigenvalue weighted by Gasteiger charge is -2.19. The Balaban J connectivity index is 2.08. The Morgan fingerprint density at radius 2 is 2.56 bits per heavy atom. The van der Waals surface area contributed by atoms with Gasteiger partial charge in [0.05, 0.1) is 0 Å². The first-order valence-electron chi connectivity index (χ1n) is 3.68. The maximum Gasteiger partial charge on any atom is 0.0252 e. The van der Waals surface area contributed by atoms with Crippen LogP contribution in [0.1, 0.15) is 19.8 Å². The molecule has 0 aliphatic carbocycles. The summed E-state index contributed by atoms with van der Waals surface area (Å²) in [5.41, 5.74) is 0. The highest BCUT2D eigenvalue weighted by Gasteiger charge is 2.11. The largest absolute Gasteiger partial charge is 0.241 e. The number of hydrogen-bond acceptors (Lipinski definition) is 1. The normalized spacial score (nSPS) is 28.3. The molecule has 0 bridgehead atoms. The van der Waals surface area contributed by atoms with Crippen LogP contribution in [0, 0.1) is 0 Å². The summed E-state index contributed by atoms with van der Waals surface area (Å²) in [6.07, 6.45) is 2.71. The van der Waals surface area contributed by atoms with Gasteiger partial charge in [-0.25, -0.2) is 5.32 Å². The van der Waals surface area contributed by atoms with Gasteiger partial charge in [0.2, 0.25) is 0 Å². The lowest BCUT2D eigenvalue weighted by Crippen LogP contribution is -2.26. The Morgan fingerprint density at radius 3 is 3.11 bits per heavy atom. The number of piperidine rings is 1. The van der Waals surface area contributed by atoms with E-state index in [4.69, 9.17) is 0 Å². The van der Waals surface area contributed by atoms with Gasteiger partial charge >= 0.3 is 0 Å². The molecule has 0 aromatic heterocycles. The predicted octanol–water partition coefficient (Wildman–Crippen LogP) is 1.51. The summed E-state index contributed by atoms with van der Waals surface area (Å²) >= 11 is 2.06. The van der Waals surface area contributed by atoms with E-state index in [1.165, 1.54) is 18.6 Å². The molecule has 1 rings (SSSR count). The SMILES string of the molecule is CCSC1CCC[N]C1. The molecule has 0 aromatic carbocycles. The Bertz CT molecular complexity index is 66.6. The zero-order valence-electron chi connectivity index (χ0n) is 5.97. The highest BCUT2D eigenvalue weighted by atomic mass is 32.2. The fourth-order valence-electron chi connectivity index (χ4n) is 1.13. The number of hydrogen-bond donors (Lipinski definition) is 0. The minimum Gasteiger partial charge on any atom is -0.241 e. The molecule has 1 saturated heterocycles. The van der Waals surface area contributed by atoms with Gasteiger partial charge in [-0.3, -0.25) is 0 Å². The first-order valence-corrected chi connectivity index (χ1v) is 4.73. The van der Waals surface area contributed by atoms with Crippen LogP contribution in [0.2, 0.25) is 0 Å². The maximum atomic E-state index is 4.36. The van der Waals surface area contributed by atoms with Gasteiger partial charge in [0.15, 0.2) is 0 Å². The van der Waals surface area contributed by atoms with Crippen LogP contribution in [0.15, 0.2) is 0 Å². The lowest BCUT2D eigenvalue weighted by atomic mass is 10.2. The summed E-state index contributed by atoms with van der Waals surface area (Å²) in [6, 6.07) is 0. The number of nitrogens with zero attached hydrogens (tertiary/aromatic N) is 1. The second kappa shape index (κ2) is 4.18. The van der Waals surface area contributed by atoms with E-state index in [1.807, 2.05) is 0 Å². The molecule has 1 atom stereocenters. The van der Waals surface area contributed by atoms with Crippen LogP contribution in [0.25, 0.3) is 0 Å². The molecule has 53 valence electrons. The molecule has 1 unspecified atom stereocenters. The molecular formula is C7H14NS. The zero-order chi connectivity index (χ0) is 6.53. The van der Waals surface area contributed by atoms with E-state index in [-0.39, 0.29) is 0 Å². The maximum absolute atomic E-state index is 4.36.